The summed E-state index contributed by atoms with van der Waals surface area (Å²) >= 11 is 1.55. The first kappa shape index (κ1) is 14.9. The molecule has 0 saturated carbocycles. The number of rotatable bonds is 2. The van der Waals surface area contributed by atoms with Crippen molar-refractivity contribution >= 4 is 25.4 Å². The fourth-order valence-corrected chi connectivity index (χ4v) is 4.59. The monoisotopic (exact) mass is 296 g/mol. The molecular formula is C15H24O2SSi. The van der Waals surface area contributed by atoms with Gasteiger partial charge in [-0.05, 0) is 43.4 Å². The average Bonchev–Trinajstić information content (AvgIpc) is 2.76. The minimum atomic E-state index is -1.88. The Bertz CT molecular complexity index is 508. The molecule has 1 atom stereocenters. The van der Waals surface area contributed by atoms with Gasteiger partial charge in [-0.15, -0.1) is 11.3 Å². The van der Waals surface area contributed by atoms with E-state index >= 15 is 0 Å². The number of Topliss-reactive ketones (excluding diaryl/α,β-unsaturated/α-hetero) is 1. The van der Waals surface area contributed by atoms with Crippen molar-refractivity contribution in [3.05, 3.63) is 21.9 Å². The summed E-state index contributed by atoms with van der Waals surface area (Å²) in [6, 6.07) is 2.06. The maximum atomic E-state index is 12.5. The molecular weight excluding hydrogens is 272 g/mol. The predicted octanol–water partition coefficient (Wildman–Crippen LogP) is 5.03. The second-order valence-corrected chi connectivity index (χ2v) is 13.2. The topological polar surface area (TPSA) is 26.3 Å². The Balaban J connectivity index is 2.38. The van der Waals surface area contributed by atoms with Gasteiger partial charge >= 0.3 is 0 Å². The van der Waals surface area contributed by atoms with Crippen molar-refractivity contribution in [1.82, 2.24) is 0 Å². The van der Waals surface area contributed by atoms with E-state index in [0.29, 0.717) is 0 Å². The van der Waals surface area contributed by atoms with Gasteiger partial charge in [-0.2, -0.15) is 0 Å². The molecule has 19 heavy (non-hydrogen) atoms. The summed E-state index contributed by atoms with van der Waals surface area (Å²) in [6.45, 7) is 15.2. The lowest BCUT2D eigenvalue weighted by atomic mass is 9.87. The number of hydrogen-bond donors (Lipinski definition) is 0. The lowest BCUT2D eigenvalue weighted by Gasteiger charge is -2.41. The normalized spacial score (nSPS) is 22.7. The molecule has 1 aliphatic carbocycles. The first-order valence-electron chi connectivity index (χ1n) is 6.78. The Labute approximate surface area is 121 Å². The molecule has 0 aliphatic heterocycles. The van der Waals surface area contributed by atoms with E-state index < -0.39 is 13.7 Å². The molecule has 0 N–H and O–H groups in total. The van der Waals surface area contributed by atoms with Crippen molar-refractivity contribution in [1.29, 1.82) is 0 Å². The lowest BCUT2D eigenvalue weighted by Crippen LogP contribution is -2.44. The van der Waals surface area contributed by atoms with Crippen LogP contribution in [-0.4, -0.2) is 14.1 Å². The third-order valence-corrected chi connectivity index (χ3v) is 10.0. The molecule has 2 rings (SSSR count). The first-order chi connectivity index (χ1) is 8.48. The van der Waals surface area contributed by atoms with E-state index in [1.807, 2.05) is 19.2 Å². The molecule has 0 amide bonds. The highest BCUT2D eigenvalue weighted by molar-refractivity contribution is 7.12. The number of hydrogen-bond acceptors (Lipinski definition) is 3. The summed E-state index contributed by atoms with van der Waals surface area (Å²) in [7, 11) is -1.88. The lowest BCUT2D eigenvalue weighted by molar-refractivity contribution is 0.0538. The minimum absolute atomic E-state index is 0.0814. The molecule has 1 aliphatic rings. The Kier molecular flexibility index (Phi) is 3.36. The van der Waals surface area contributed by atoms with Gasteiger partial charge in [0.1, 0.15) is 0 Å². The molecule has 0 bridgehead atoms. The molecule has 0 fully saturated rings. The van der Waals surface area contributed by atoms with Crippen molar-refractivity contribution in [2.75, 3.05) is 0 Å². The maximum Gasteiger partial charge on any atom is 0.192 e. The van der Waals surface area contributed by atoms with Crippen LogP contribution >= 0.6 is 11.3 Å². The highest BCUT2D eigenvalue weighted by atomic mass is 32.1. The first-order valence-corrected chi connectivity index (χ1v) is 10.6. The highest BCUT2D eigenvalue weighted by Gasteiger charge is 2.51. The fraction of sp³-hybridized carbons (Fsp3) is 0.667. The number of carbonyl (C=O) groups excluding carboxylic acids is 1. The molecule has 1 aromatic rings. The average molecular weight is 297 g/mol. The maximum absolute atomic E-state index is 12.5. The van der Waals surface area contributed by atoms with E-state index in [4.69, 9.17) is 4.43 Å². The van der Waals surface area contributed by atoms with Crippen molar-refractivity contribution in [2.24, 2.45) is 5.41 Å². The smallest absolute Gasteiger partial charge is 0.192 e. The Morgan fingerprint density at radius 2 is 1.89 bits per heavy atom. The molecule has 0 spiro atoms. The van der Waals surface area contributed by atoms with E-state index in [0.717, 1.165) is 10.4 Å². The van der Waals surface area contributed by atoms with E-state index in [1.54, 1.807) is 11.3 Å². The molecule has 2 nitrogen and oxygen atoms in total. The minimum Gasteiger partial charge on any atom is -0.409 e. The van der Waals surface area contributed by atoms with Gasteiger partial charge in [0.05, 0.1) is 16.4 Å². The van der Waals surface area contributed by atoms with Gasteiger partial charge in [0.25, 0.3) is 0 Å². The van der Waals surface area contributed by atoms with Gasteiger partial charge in [-0.25, -0.2) is 0 Å². The Morgan fingerprint density at radius 3 is 2.42 bits per heavy atom. The summed E-state index contributed by atoms with van der Waals surface area (Å²) in [6.07, 6.45) is -0.0814. The third-order valence-electron chi connectivity index (χ3n) is 4.64. The predicted molar refractivity (Wildman–Crippen MR) is 83.5 cm³/mol. The Hall–Kier alpha value is -0.453. The van der Waals surface area contributed by atoms with Crippen molar-refractivity contribution in [3.8, 4) is 0 Å². The van der Waals surface area contributed by atoms with Crippen LogP contribution in [0.2, 0.25) is 18.1 Å². The number of ketones is 1. The van der Waals surface area contributed by atoms with Crippen LogP contribution in [0.25, 0.3) is 0 Å². The van der Waals surface area contributed by atoms with Crippen molar-refractivity contribution in [3.63, 3.8) is 0 Å². The summed E-state index contributed by atoms with van der Waals surface area (Å²) in [5, 5.41) is 2.16. The van der Waals surface area contributed by atoms with Gasteiger partial charge in [0.15, 0.2) is 14.1 Å². The molecule has 106 valence electrons. The van der Waals surface area contributed by atoms with Crippen LogP contribution < -0.4 is 0 Å². The molecule has 1 heterocycles. The number of carbonyl (C=O) groups is 1. The van der Waals surface area contributed by atoms with E-state index in [1.165, 1.54) is 0 Å². The number of fused-ring (bicyclic) bond motifs is 1. The van der Waals surface area contributed by atoms with Crippen molar-refractivity contribution in [2.45, 2.75) is 58.9 Å². The Morgan fingerprint density at radius 1 is 1.32 bits per heavy atom. The summed E-state index contributed by atoms with van der Waals surface area (Å²) in [5.41, 5.74) is 0.669. The van der Waals surface area contributed by atoms with Gasteiger partial charge in [0, 0.05) is 5.56 Å². The SMILES string of the molecule is CC1(C)C(=O)c2sccc2C1O[Si](C)(C)C(C)(C)C. The third kappa shape index (κ3) is 2.24. The standard InChI is InChI=1S/C15H24O2SSi/c1-14(2,3)19(6,7)17-13-10-8-9-18-11(10)12(16)15(13,4)5/h8-9,13H,1-7H3. The zero-order valence-corrected chi connectivity index (χ0v) is 14.8. The summed E-state index contributed by atoms with van der Waals surface area (Å²) in [4.78, 5) is 13.4. The molecule has 0 aromatic carbocycles. The van der Waals surface area contributed by atoms with Crippen LogP contribution in [0.5, 0.6) is 0 Å². The van der Waals surface area contributed by atoms with E-state index in [-0.39, 0.29) is 16.9 Å². The zero-order valence-electron chi connectivity index (χ0n) is 13.0. The van der Waals surface area contributed by atoms with Crippen LogP contribution in [0, 0.1) is 5.41 Å². The van der Waals surface area contributed by atoms with E-state index in [2.05, 4.69) is 39.9 Å². The molecule has 1 unspecified atom stereocenters. The molecule has 0 saturated heterocycles. The van der Waals surface area contributed by atoms with Gasteiger partial charge < -0.3 is 4.43 Å². The second-order valence-electron chi connectivity index (χ2n) is 7.51. The highest BCUT2D eigenvalue weighted by Crippen LogP contribution is 2.52. The van der Waals surface area contributed by atoms with Crippen LogP contribution in [-0.2, 0) is 4.43 Å². The van der Waals surface area contributed by atoms with E-state index in [9.17, 15) is 4.79 Å². The quantitative estimate of drug-likeness (QED) is 0.715. The fourth-order valence-electron chi connectivity index (χ4n) is 2.19. The van der Waals surface area contributed by atoms with Crippen LogP contribution in [0.1, 0.15) is 56.0 Å². The van der Waals surface area contributed by atoms with Crippen LogP contribution in [0.4, 0.5) is 0 Å². The van der Waals surface area contributed by atoms with Gasteiger partial charge in [-0.1, -0.05) is 20.8 Å². The van der Waals surface area contributed by atoms with Gasteiger partial charge in [0.2, 0.25) is 0 Å². The zero-order chi connectivity index (χ0) is 14.6. The van der Waals surface area contributed by atoms with Gasteiger partial charge in [-0.3, -0.25) is 4.79 Å². The second kappa shape index (κ2) is 4.27. The largest absolute Gasteiger partial charge is 0.409 e. The van der Waals surface area contributed by atoms with Crippen LogP contribution in [0.3, 0.4) is 0 Å². The molecule has 0 radical (unpaired) electrons. The van der Waals surface area contributed by atoms with Crippen molar-refractivity contribution < 1.29 is 9.22 Å². The number of thiophene rings is 1. The summed E-state index contributed by atoms with van der Waals surface area (Å²) < 4.78 is 6.56. The molecule has 1 aromatic heterocycles. The molecule has 4 heteroatoms. The summed E-state index contributed by atoms with van der Waals surface area (Å²) in [5.74, 6) is 0.237. The van der Waals surface area contributed by atoms with Crippen LogP contribution in [0.15, 0.2) is 11.4 Å².